The molecule has 1 atom stereocenters. The van der Waals surface area contributed by atoms with Gasteiger partial charge in [-0.1, -0.05) is 23.7 Å². The lowest BCUT2D eigenvalue weighted by Crippen LogP contribution is -2.51. The van der Waals surface area contributed by atoms with Crippen molar-refractivity contribution in [3.8, 4) is 0 Å². The number of rotatable bonds is 3. The van der Waals surface area contributed by atoms with Crippen LogP contribution in [0.25, 0.3) is 0 Å². The van der Waals surface area contributed by atoms with E-state index in [4.69, 9.17) is 11.6 Å². The third-order valence-electron chi connectivity index (χ3n) is 5.21. The molecule has 1 aromatic carbocycles. The number of nitrogens with one attached hydrogen (secondary N) is 1. The molecule has 126 valence electrons. The van der Waals surface area contributed by atoms with Crippen molar-refractivity contribution in [1.29, 1.82) is 0 Å². The number of benzene rings is 1. The first-order valence-electron chi connectivity index (χ1n) is 8.64. The van der Waals surface area contributed by atoms with E-state index in [1.165, 1.54) is 5.56 Å². The van der Waals surface area contributed by atoms with Crippen LogP contribution in [0.3, 0.4) is 0 Å². The molecular weight excluding hydrogens is 310 g/mol. The molecule has 4 nitrogen and oxygen atoms in total. The maximum atomic E-state index is 12.6. The van der Waals surface area contributed by atoms with Crippen molar-refractivity contribution in [2.24, 2.45) is 5.92 Å². The van der Waals surface area contributed by atoms with Gasteiger partial charge in [-0.05, 0) is 50.6 Å². The number of hydrogen-bond donors (Lipinski definition) is 1. The van der Waals surface area contributed by atoms with E-state index < -0.39 is 0 Å². The maximum absolute atomic E-state index is 12.6. The summed E-state index contributed by atoms with van der Waals surface area (Å²) < 4.78 is 0. The van der Waals surface area contributed by atoms with Crippen molar-refractivity contribution in [3.05, 3.63) is 34.9 Å². The Labute approximate surface area is 143 Å². The van der Waals surface area contributed by atoms with Gasteiger partial charge in [0.05, 0.1) is 0 Å². The summed E-state index contributed by atoms with van der Waals surface area (Å²) in [6.45, 7) is 7.77. The van der Waals surface area contributed by atoms with Crippen molar-refractivity contribution in [3.63, 3.8) is 0 Å². The van der Waals surface area contributed by atoms with Crippen LogP contribution in [0.1, 0.15) is 31.4 Å². The molecule has 0 aromatic heterocycles. The molecule has 0 radical (unpaired) electrons. The Morgan fingerprint density at radius 2 is 1.74 bits per heavy atom. The zero-order valence-electron chi connectivity index (χ0n) is 13.8. The number of piperidine rings is 1. The monoisotopic (exact) mass is 335 g/mol. The van der Waals surface area contributed by atoms with Gasteiger partial charge < -0.3 is 10.2 Å². The van der Waals surface area contributed by atoms with Gasteiger partial charge in [0.2, 0.25) is 5.91 Å². The van der Waals surface area contributed by atoms with E-state index in [0.717, 1.165) is 57.1 Å². The number of carbonyl (C=O) groups excluding carboxylic acids is 1. The minimum atomic E-state index is 0.233. The molecule has 23 heavy (non-hydrogen) atoms. The second-order valence-electron chi connectivity index (χ2n) is 6.61. The van der Waals surface area contributed by atoms with Gasteiger partial charge in [0.1, 0.15) is 0 Å². The summed E-state index contributed by atoms with van der Waals surface area (Å²) in [4.78, 5) is 17.1. The average molecular weight is 336 g/mol. The fraction of sp³-hybridized carbons (Fsp3) is 0.611. The van der Waals surface area contributed by atoms with Crippen LogP contribution in [0.15, 0.2) is 24.3 Å². The summed E-state index contributed by atoms with van der Waals surface area (Å²) >= 11 is 5.97. The van der Waals surface area contributed by atoms with E-state index >= 15 is 0 Å². The smallest absolute Gasteiger partial charge is 0.225 e. The first-order valence-corrected chi connectivity index (χ1v) is 9.02. The van der Waals surface area contributed by atoms with Gasteiger partial charge >= 0.3 is 0 Å². The molecule has 1 unspecified atom stereocenters. The van der Waals surface area contributed by atoms with E-state index in [1.54, 1.807) is 0 Å². The van der Waals surface area contributed by atoms with E-state index in [1.807, 2.05) is 12.1 Å². The molecule has 2 aliphatic heterocycles. The largest absolute Gasteiger partial charge is 0.340 e. The summed E-state index contributed by atoms with van der Waals surface area (Å²) in [5.41, 5.74) is 1.28. The molecule has 2 fully saturated rings. The Balaban J connectivity index is 1.53. The molecule has 2 heterocycles. The topological polar surface area (TPSA) is 35.6 Å². The highest BCUT2D eigenvalue weighted by atomic mass is 35.5. The molecule has 3 rings (SSSR count). The summed E-state index contributed by atoms with van der Waals surface area (Å²) in [6, 6.07) is 8.46. The van der Waals surface area contributed by atoms with E-state index in [9.17, 15) is 4.79 Å². The highest BCUT2D eigenvalue weighted by molar-refractivity contribution is 6.30. The molecule has 0 spiro atoms. The molecule has 0 saturated carbocycles. The number of hydrogen-bond acceptors (Lipinski definition) is 3. The summed E-state index contributed by atoms with van der Waals surface area (Å²) in [5.74, 6) is 0.599. The molecule has 1 aromatic rings. The second kappa shape index (κ2) is 7.65. The molecule has 1 amide bonds. The summed E-state index contributed by atoms with van der Waals surface area (Å²) in [7, 11) is 0. The number of piperazine rings is 1. The van der Waals surface area contributed by atoms with Crippen molar-refractivity contribution in [2.45, 2.75) is 25.8 Å². The molecule has 2 saturated heterocycles. The van der Waals surface area contributed by atoms with Crippen LogP contribution in [-0.4, -0.2) is 55.0 Å². The summed E-state index contributed by atoms with van der Waals surface area (Å²) in [6.07, 6.45) is 1.97. The van der Waals surface area contributed by atoms with Crippen LogP contribution in [0.5, 0.6) is 0 Å². The van der Waals surface area contributed by atoms with Crippen LogP contribution >= 0.6 is 11.6 Å². The lowest BCUT2D eigenvalue weighted by molar-refractivity contribution is -0.138. The normalized spacial score (nSPS) is 22.1. The van der Waals surface area contributed by atoms with Crippen molar-refractivity contribution in [1.82, 2.24) is 15.1 Å². The average Bonchev–Trinajstić information content (AvgIpc) is 2.62. The molecule has 0 aliphatic carbocycles. The number of amides is 1. The van der Waals surface area contributed by atoms with Crippen LogP contribution in [-0.2, 0) is 4.79 Å². The molecule has 5 heteroatoms. The Morgan fingerprint density at radius 3 is 2.35 bits per heavy atom. The van der Waals surface area contributed by atoms with Gasteiger partial charge in [-0.3, -0.25) is 9.69 Å². The number of nitrogens with zero attached hydrogens (tertiary/aromatic N) is 2. The Hall–Kier alpha value is -1.10. The Morgan fingerprint density at radius 1 is 1.13 bits per heavy atom. The van der Waals surface area contributed by atoms with E-state index in [2.05, 4.69) is 34.2 Å². The minimum Gasteiger partial charge on any atom is -0.340 e. The second-order valence-corrected chi connectivity index (χ2v) is 7.05. The maximum Gasteiger partial charge on any atom is 0.225 e. The predicted molar refractivity (Wildman–Crippen MR) is 93.6 cm³/mol. The first-order chi connectivity index (χ1) is 11.1. The van der Waals surface area contributed by atoms with E-state index in [-0.39, 0.29) is 5.92 Å². The zero-order chi connectivity index (χ0) is 16.2. The zero-order valence-corrected chi connectivity index (χ0v) is 14.6. The molecular formula is C18H26ClN3O. The van der Waals surface area contributed by atoms with Crippen LogP contribution in [0, 0.1) is 5.92 Å². The van der Waals surface area contributed by atoms with Crippen LogP contribution in [0.2, 0.25) is 5.02 Å². The van der Waals surface area contributed by atoms with Gasteiger partial charge in [-0.2, -0.15) is 0 Å². The predicted octanol–water partition coefficient (Wildman–Crippen LogP) is 2.54. The van der Waals surface area contributed by atoms with Gasteiger partial charge in [-0.15, -0.1) is 0 Å². The van der Waals surface area contributed by atoms with Gasteiger partial charge in [-0.25, -0.2) is 0 Å². The lowest BCUT2D eigenvalue weighted by atomic mass is 9.96. The van der Waals surface area contributed by atoms with Crippen molar-refractivity contribution < 1.29 is 4.79 Å². The van der Waals surface area contributed by atoms with Crippen LogP contribution in [0.4, 0.5) is 0 Å². The third-order valence-corrected chi connectivity index (χ3v) is 5.47. The first kappa shape index (κ1) is 16.7. The highest BCUT2D eigenvalue weighted by Gasteiger charge is 2.29. The van der Waals surface area contributed by atoms with Gasteiger partial charge in [0.15, 0.2) is 0 Å². The van der Waals surface area contributed by atoms with Crippen molar-refractivity contribution >= 4 is 17.5 Å². The Bertz CT molecular complexity index is 520. The van der Waals surface area contributed by atoms with Crippen molar-refractivity contribution in [2.75, 3.05) is 39.3 Å². The fourth-order valence-corrected chi connectivity index (χ4v) is 3.73. The minimum absolute atomic E-state index is 0.233. The highest BCUT2D eigenvalue weighted by Crippen LogP contribution is 2.24. The molecule has 0 bridgehead atoms. The SMILES string of the molecule is CC(c1ccc(Cl)cc1)N1CCN(C(=O)C2CCNCC2)CC1. The van der Waals surface area contributed by atoms with E-state index in [0.29, 0.717) is 11.9 Å². The third kappa shape index (κ3) is 4.06. The standard InChI is InChI=1S/C18H26ClN3O/c1-14(15-2-4-17(19)5-3-15)21-10-12-22(13-11-21)18(23)16-6-8-20-9-7-16/h2-5,14,16,20H,6-13H2,1H3. The summed E-state index contributed by atoms with van der Waals surface area (Å²) in [5, 5.41) is 4.10. The quantitative estimate of drug-likeness (QED) is 0.922. The lowest BCUT2D eigenvalue weighted by Gasteiger charge is -2.39. The Kier molecular flexibility index (Phi) is 5.57. The van der Waals surface area contributed by atoms with Gasteiger partial charge in [0.25, 0.3) is 0 Å². The number of halogens is 1. The van der Waals surface area contributed by atoms with Gasteiger partial charge in [0, 0.05) is 43.2 Å². The fourth-order valence-electron chi connectivity index (χ4n) is 3.61. The number of carbonyl (C=O) groups is 1. The molecule has 2 aliphatic rings. The molecule has 1 N–H and O–H groups in total. The van der Waals surface area contributed by atoms with Crippen LogP contribution < -0.4 is 5.32 Å².